The Morgan fingerprint density at radius 1 is 0.485 bits per heavy atom. The number of Topliss-reactive ketones (excluding diaryl/α,β-unsaturated/α-hetero) is 2. The number of carbonyl (C=O) groups is 11. The third kappa shape index (κ3) is 70.0. The van der Waals surface area contributed by atoms with Crippen LogP contribution >= 0.6 is 0 Å². The largest absolute Gasteiger partial charge is 0.481 e. The third-order valence-corrected chi connectivity index (χ3v) is 17.4. The number of likely N-dealkylation sites (tertiary alicyclic amines) is 2. The van der Waals surface area contributed by atoms with E-state index < -0.39 is 99.6 Å². The summed E-state index contributed by atoms with van der Waals surface area (Å²) in [6.07, 6.45) is 5.71. The first kappa shape index (κ1) is 107. The zero-order valence-corrected chi connectivity index (χ0v) is 66.5. The molecule has 0 bridgehead atoms. The highest BCUT2D eigenvalue weighted by molar-refractivity contribution is 7.97. The van der Waals surface area contributed by atoms with Gasteiger partial charge in [0, 0.05) is 117 Å². The van der Waals surface area contributed by atoms with E-state index in [1.165, 1.54) is 45.6 Å². The molecular weight excluding hydrogens is 1350 g/mol. The first-order valence-corrected chi connectivity index (χ1v) is 39.0. The van der Waals surface area contributed by atoms with Crippen LogP contribution in [0.2, 0.25) is 0 Å². The number of carboxylic acids is 4. The lowest BCUT2D eigenvalue weighted by Gasteiger charge is -2.23. The molecule has 2 rings (SSSR count). The Morgan fingerprint density at radius 3 is 0.979 bits per heavy atom. The summed E-state index contributed by atoms with van der Waals surface area (Å²) >= 11 is 0. The van der Waals surface area contributed by atoms with Crippen LogP contribution in [0.15, 0.2) is 0 Å². The molecule has 31 nitrogen and oxygen atoms in total. The molecule has 0 aromatic rings. The van der Waals surface area contributed by atoms with Crippen LogP contribution < -0.4 is 25.4 Å². The molecule has 97 heavy (non-hydrogen) atoms. The summed E-state index contributed by atoms with van der Waals surface area (Å²) < 4.78 is 83.7. The Bertz CT molecular complexity index is 2780. The first-order valence-electron chi connectivity index (χ1n) is 31.7. The van der Waals surface area contributed by atoms with E-state index in [0.717, 1.165) is 12.8 Å². The van der Waals surface area contributed by atoms with Gasteiger partial charge < -0.3 is 46.2 Å². The molecule has 0 saturated carbocycles. The highest BCUT2D eigenvalue weighted by Crippen LogP contribution is 2.21. The number of ketones is 2. The average molecular weight is 1480 g/mol. The number of nitrogens with zero attached hydrogens (tertiary/aromatic N) is 4. The molecule has 2 saturated heterocycles. The zero-order valence-electron chi connectivity index (χ0n) is 63.3. The lowest BCUT2D eigenvalue weighted by atomic mass is 10.1. The van der Waals surface area contributed by atoms with Gasteiger partial charge in [-0.05, 0) is 142 Å². The van der Waals surface area contributed by atoms with Crippen molar-refractivity contribution in [1.82, 2.24) is 43.8 Å². The average Bonchev–Trinajstić information content (AvgIpc) is 1.77. The Morgan fingerprint density at radius 2 is 0.814 bits per heavy atom. The number of carbonyl (C=O) groups excluding carboxylic acids is 7. The van der Waals surface area contributed by atoms with Crippen molar-refractivity contribution in [2.24, 2.45) is 17.8 Å². The Kier molecular flexibility index (Phi) is 60.9. The topological polar surface area (TPSA) is 461 Å². The van der Waals surface area contributed by atoms with E-state index in [1.807, 2.05) is 76.2 Å². The fourth-order valence-corrected chi connectivity index (χ4v) is 11.0. The van der Waals surface area contributed by atoms with Crippen molar-refractivity contribution in [2.75, 3.05) is 51.2 Å². The van der Waals surface area contributed by atoms with Gasteiger partial charge in [0.1, 0.15) is 35.8 Å². The number of hydrogen-bond acceptors (Lipinski definition) is 18. The SMILES string of the molecule is C=S(C)(=O)NC(C)C.CC(=O)C(C)C.CC(=O)CS(=O)(=O)N(C)C(C)C.CC(=O)NC(C)C.CC(C)C(=O)N1CCC[C@@H]1C(=O)O.CC(C)C(=O)N1CCC[C@H]1C(=O)O.CC(C)N(C)S(C)(=O)=O.CC(C)NC(=O)CC(=O)O.CC(C)NS(=O)(=O)CC(=O)O.CCC(=O)NC(C)C. The molecule has 2 heterocycles. The molecule has 5 amide bonds. The Labute approximate surface area is 582 Å². The molecule has 0 radical (unpaired) electrons. The van der Waals surface area contributed by atoms with Crippen LogP contribution in [0.4, 0.5) is 0 Å². The van der Waals surface area contributed by atoms with E-state index in [2.05, 4.69) is 31.3 Å². The Balaban J connectivity index is -0.000000153. The predicted octanol–water partition coefficient (Wildman–Crippen LogP) is 4.28. The van der Waals surface area contributed by atoms with Gasteiger partial charge >= 0.3 is 23.9 Å². The molecular formula is C62H127N9O22S4. The molecule has 0 aromatic heterocycles. The van der Waals surface area contributed by atoms with Crippen molar-refractivity contribution in [1.29, 1.82) is 0 Å². The normalized spacial score (nSPS) is 14.6. The second kappa shape index (κ2) is 55.1. The third-order valence-electron chi connectivity index (χ3n) is 11.5. The summed E-state index contributed by atoms with van der Waals surface area (Å²) in [7, 11) is -8.90. The number of hydrogen-bond donors (Lipinski definition) is 9. The Hall–Kier alpha value is -5.72. The zero-order chi connectivity index (χ0) is 79.2. The molecule has 0 spiro atoms. The van der Waals surface area contributed by atoms with E-state index >= 15 is 0 Å². The summed E-state index contributed by atoms with van der Waals surface area (Å²) in [5, 5.41) is 41.8. The summed E-state index contributed by atoms with van der Waals surface area (Å²) in [6, 6.07) is -0.671. The van der Waals surface area contributed by atoms with Gasteiger partial charge in [-0.3, -0.25) is 47.4 Å². The molecule has 3 atom stereocenters. The fourth-order valence-electron chi connectivity index (χ4n) is 6.70. The summed E-state index contributed by atoms with van der Waals surface area (Å²) in [5.41, 5.74) is 0. The quantitative estimate of drug-likeness (QED) is 0.0509. The smallest absolute Gasteiger partial charge is 0.326 e. The molecule has 0 aliphatic carbocycles. The lowest BCUT2D eigenvalue weighted by molar-refractivity contribution is -0.149. The highest BCUT2D eigenvalue weighted by atomic mass is 32.2. The van der Waals surface area contributed by atoms with Gasteiger partial charge in [0.25, 0.3) is 0 Å². The highest BCUT2D eigenvalue weighted by Gasteiger charge is 2.36. The van der Waals surface area contributed by atoms with Crippen LogP contribution in [0, 0.1) is 17.8 Å². The molecule has 0 aromatic carbocycles. The van der Waals surface area contributed by atoms with Crippen LogP contribution in [-0.2, 0) is 92.5 Å². The molecule has 576 valence electrons. The maximum Gasteiger partial charge on any atom is 0.326 e. The number of rotatable bonds is 23. The van der Waals surface area contributed by atoms with Crippen LogP contribution in [0.3, 0.4) is 0 Å². The minimum absolute atomic E-state index is 0.00634. The number of nitrogens with one attached hydrogen (secondary N) is 5. The van der Waals surface area contributed by atoms with Gasteiger partial charge in [-0.1, -0.05) is 48.5 Å². The van der Waals surface area contributed by atoms with Gasteiger partial charge in [0.05, 0.1) is 6.26 Å². The second-order valence-electron chi connectivity index (χ2n) is 25.5. The maximum atomic E-state index is 11.5. The standard InChI is InChI=1S/2C9H15NO3.C7H15NO3S.C6H11NO3.C6H13NO.C5H11NO4S.C5H13NO2S.C5H13NOS.C5H11NO.C5H10O/c2*1-6(2)8(11)10-5-3-4-7(10)9(12)13;1-6(2)8(4)12(10,11)5-7(3)9;1-4(2)7-5(8)3-6(9)10;1-4-6(8)7-5(2)3;1-4(2)6-11(9,10)3-5(7)8;1-5(2)6(3)9(4,7)8;1-5(2)6-8(3,4)7;1-4(2)6-5(3)7;1-4(2)5(3)6/h2*6-7H,3-5H2,1-2H3,(H,12,13);6H,5H2,1-4H3;4H,3H2,1-2H3,(H,7,8)(H,9,10);5H,4H2,1-3H3,(H,7,8);4,6H,3H2,1-2H3,(H,7,8);5H,1-4H3;5H,3H2,1-2,4H3,(H,6,7);4H,1-3H3,(H,6,7);4H,1-3H3/t2*7-;;;;;;;;/m10......../s1. The second-order valence-corrected chi connectivity index (χ2v) is 33.6. The van der Waals surface area contributed by atoms with Crippen LogP contribution in [0.25, 0.3) is 0 Å². The summed E-state index contributed by atoms with van der Waals surface area (Å²) in [5.74, 6) is -2.52. The van der Waals surface area contributed by atoms with Gasteiger partial charge in [-0.25, -0.2) is 52.9 Å². The van der Waals surface area contributed by atoms with Crippen molar-refractivity contribution < 1.29 is 103 Å². The maximum absolute atomic E-state index is 11.5. The first-order chi connectivity index (χ1) is 43.4. The monoisotopic (exact) mass is 1480 g/mol. The molecule has 2 aliphatic rings. The summed E-state index contributed by atoms with van der Waals surface area (Å²) in [4.78, 5) is 119. The number of carboxylic acid groups (broad SMARTS) is 4. The minimum atomic E-state index is -3.63. The van der Waals surface area contributed by atoms with E-state index in [0.29, 0.717) is 32.4 Å². The van der Waals surface area contributed by atoms with Gasteiger partial charge in [-0.15, -0.1) is 0 Å². The van der Waals surface area contributed by atoms with Crippen LogP contribution in [-0.4, -0.2) is 245 Å². The van der Waals surface area contributed by atoms with Crippen molar-refractivity contribution in [3.05, 3.63) is 0 Å². The van der Waals surface area contributed by atoms with Gasteiger partial charge in [-0.2, -0.15) is 0 Å². The van der Waals surface area contributed by atoms with Crippen LogP contribution in [0.1, 0.15) is 205 Å². The van der Waals surface area contributed by atoms with E-state index in [4.69, 9.17) is 20.4 Å². The summed E-state index contributed by atoms with van der Waals surface area (Å²) in [6.45, 7) is 44.0. The molecule has 2 fully saturated rings. The van der Waals surface area contributed by atoms with Crippen molar-refractivity contribution in [3.8, 4) is 0 Å². The number of aliphatic carboxylic acids is 4. The van der Waals surface area contributed by atoms with E-state index in [9.17, 15) is 82.2 Å². The van der Waals surface area contributed by atoms with Crippen LogP contribution in [0.5, 0.6) is 0 Å². The minimum Gasteiger partial charge on any atom is -0.481 e. The van der Waals surface area contributed by atoms with E-state index in [1.54, 1.807) is 89.5 Å². The van der Waals surface area contributed by atoms with E-state index in [-0.39, 0.29) is 95.2 Å². The number of amides is 5. The fraction of sp³-hybridized carbons (Fsp3) is 0.806. The van der Waals surface area contributed by atoms with Crippen molar-refractivity contribution >= 4 is 111 Å². The molecule has 35 heteroatoms. The molecule has 9 N–H and O–H groups in total. The molecule has 2 aliphatic heterocycles. The lowest BCUT2D eigenvalue weighted by Crippen LogP contribution is -2.42. The van der Waals surface area contributed by atoms with Crippen molar-refractivity contribution in [2.45, 2.75) is 259 Å². The van der Waals surface area contributed by atoms with Gasteiger partial charge in [0.2, 0.25) is 59.6 Å². The van der Waals surface area contributed by atoms with Gasteiger partial charge in [0.15, 0.2) is 5.75 Å². The van der Waals surface area contributed by atoms with Crippen molar-refractivity contribution in [3.63, 3.8) is 0 Å². The number of sulfonamides is 3. The predicted molar refractivity (Wildman–Crippen MR) is 382 cm³/mol. The molecule has 1 unspecified atom stereocenters.